The van der Waals surface area contributed by atoms with Gasteiger partial charge in [-0.15, -0.1) is 11.8 Å². The molecule has 1 N–H and O–H groups in total. The van der Waals surface area contributed by atoms with Crippen molar-refractivity contribution in [3.8, 4) is 0 Å². The van der Waals surface area contributed by atoms with Gasteiger partial charge in [-0.3, -0.25) is 9.59 Å². The van der Waals surface area contributed by atoms with Crippen LogP contribution in [0.25, 0.3) is 0 Å². The van der Waals surface area contributed by atoms with Crippen molar-refractivity contribution in [1.29, 1.82) is 0 Å². The third-order valence-electron chi connectivity index (χ3n) is 5.20. The number of thioether (sulfide) groups is 1. The Kier molecular flexibility index (Phi) is 4.25. The number of likely N-dealkylation sites (tertiary alicyclic amines) is 1. The number of piperidine rings is 1. The summed E-state index contributed by atoms with van der Waals surface area (Å²) in [5.74, 6) is 0.676. The van der Waals surface area contributed by atoms with E-state index < -0.39 is 5.41 Å². The zero-order chi connectivity index (χ0) is 17.3. The summed E-state index contributed by atoms with van der Waals surface area (Å²) in [4.78, 5) is 28.1. The van der Waals surface area contributed by atoms with Crippen LogP contribution in [-0.4, -0.2) is 35.6 Å². The third-order valence-corrected chi connectivity index (χ3v) is 6.20. The predicted octanol–water partition coefficient (Wildman–Crippen LogP) is 3.29. The quantitative estimate of drug-likeness (QED) is 0.863. The normalized spacial score (nSPS) is 18.1. The predicted molar refractivity (Wildman–Crippen MR) is 99.7 cm³/mol. The topological polar surface area (TPSA) is 49.4 Å². The van der Waals surface area contributed by atoms with Crippen LogP contribution in [0.1, 0.15) is 18.4 Å². The molecule has 1 spiro atoms. The number of para-hydroxylation sites is 1. The largest absolute Gasteiger partial charge is 0.342 e. The highest BCUT2D eigenvalue weighted by atomic mass is 32.2. The number of nitrogens with one attached hydrogen (secondary N) is 1. The molecule has 0 saturated carbocycles. The lowest BCUT2D eigenvalue weighted by Crippen LogP contribution is -2.48. The lowest BCUT2D eigenvalue weighted by molar-refractivity contribution is -0.132. The molecular weight excluding hydrogens is 332 g/mol. The van der Waals surface area contributed by atoms with E-state index in [9.17, 15) is 9.59 Å². The van der Waals surface area contributed by atoms with Crippen molar-refractivity contribution < 1.29 is 9.59 Å². The van der Waals surface area contributed by atoms with Crippen LogP contribution < -0.4 is 5.32 Å². The van der Waals surface area contributed by atoms with E-state index in [4.69, 9.17) is 0 Å². The van der Waals surface area contributed by atoms with Crippen molar-refractivity contribution in [1.82, 2.24) is 4.90 Å². The highest BCUT2D eigenvalue weighted by molar-refractivity contribution is 8.00. The van der Waals surface area contributed by atoms with E-state index in [2.05, 4.69) is 5.32 Å². The number of nitrogens with zero attached hydrogens (tertiary/aromatic N) is 1. The minimum Gasteiger partial charge on any atom is -0.342 e. The molecule has 128 valence electrons. The Labute approximate surface area is 151 Å². The molecule has 2 aliphatic heterocycles. The summed E-state index contributed by atoms with van der Waals surface area (Å²) in [5.41, 5.74) is 1.55. The summed E-state index contributed by atoms with van der Waals surface area (Å²) < 4.78 is 0. The van der Waals surface area contributed by atoms with Crippen molar-refractivity contribution in [2.24, 2.45) is 0 Å². The van der Waals surface area contributed by atoms with Crippen LogP contribution in [-0.2, 0) is 15.0 Å². The number of hydrogen-bond acceptors (Lipinski definition) is 3. The number of benzene rings is 2. The number of carbonyl (C=O) groups excluding carboxylic acids is 2. The SMILES string of the molecule is O=C(CSc1ccccc1)N1CCC2(CC1)C(=O)Nc1ccccc12. The van der Waals surface area contributed by atoms with E-state index in [-0.39, 0.29) is 11.8 Å². The van der Waals surface area contributed by atoms with Gasteiger partial charge in [0.2, 0.25) is 11.8 Å². The summed E-state index contributed by atoms with van der Waals surface area (Å²) in [6, 6.07) is 17.9. The molecular formula is C20H20N2O2S. The van der Waals surface area contributed by atoms with Crippen LogP contribution in [0.15, 0.2) is 59.5 Å². The molecule has 2 amide bonds. The second-order valence-electron chi connectivity index (χ2n) is 6.56. The van der Waals surface area contributed by atoms with E-state index >= 15 is 0 Å². The van der Waals surface area contributed by atoms with Crippen molar-refractivity contribution in [2.45, 2.75) is 23.2 Å². The Balaban J connectivity index is 1.40. The van der Waals surface area contributed by atoms with Crippen LogP contribution in [0.3, 0.4) is 0 Å². The van der Waals surface area contributed by atoms with Gasteiger partial charge in [-0.05, 0) is 36.6 Å². The molecule has 4 nitrogen and oxygen atoms in total. The Morgan fingerprint density at radius 1 is 1.04 bits per heavy atom. The second-order valence-corrected chi connectivity index (χ2v) is 7.61. The van der Waals surface area contributed by atoms with Gasteiger partial charge in [0.05, 0.1) is 11.2 Å². The molecule has 0 aromatic heterocycles. The average molecular weight is 352 g/mol. The Morgan fingerprint density at radius 2 is 1.72 bits per heavy atom. The first-order chi connectivity index (χ1) is 12.2. The third kappa shape index (κ3) is 2.93. The zero-order valence-corrected chi connectivity index (χ0v) is 14.7. The summed E-state index contributed by atoms with van der Waals surface area (Å²) >= 11 is 1.56. The van der Waals surface area contributed by atoms with Crippen LogP contribution >= 0.6 is 11.8 Å². The number of anilines is 1. The summed E-state index contributed by atoms with van der Waals surface area (Å²) in [6.45, 7) is 1.27. The molecule has 5 heteroatoms. The lowest BCUT2D eigenvalue weighted by atomic mass is 9.73. The Bertz CT molecular complexity index is 798. The lowest BCUT2D eigenvalue weighted by Gasteiger charge is -2.38. The standard InChI is InChI=1S/C20H20N2O2S/c23-18(14-25-15-6-2-1-3-7-15)22-12-10-20(11-13-22)16-8-4-5-9-17(16)21-19(20)24/h1-9H,10-14H2,(H,21,24). The maximum atomic E-state index is 12.6. The minimum absolute atomic E-state index is 0.0828. The van der Waals surface area contributed by atoms with Crippen molar-refractivity contribution in [3.05, 3.63) is 60.2 Å². The number of rotatable bonds is 3. The Hall–Kier alpha value is -2.27. The van der Waals surface area contributed by atoms with Crippen molar-refractivity contribution in [3.63, 3.8) is 0 Å². The first-order valence-corrected chi connectivity index (χ1v) is 9.54. The van der Waals surface area contributed by atoms with Gasteiger partial charge in [0, 0.05) is 23.7 Å². The van der Waals surface area contributed by atoms with Gasteiger partial charge >= 0.3 is 0 Å². The van der Waals surface area contributed by atoms with Crippen LogP contribution in [0, 0.1) is 0 Å². The molecule has 2 aromatic carbocycles. The van der Waals surface area contributed by atoms with Crippen LogP contribution in [0.2, 0.25) is 0 Å². The molecule has 2 aromatic rings. The van der Waals surface area contributed by atoms with Crippen LogP contribution in [0.4, 0.5) is 5.69 Å². The molecule has 1 saturated heterocycles. The summed E-state index contributed by atoms with van der Waals surface area (Å²) in [7, 11) is 0. The van der Waals surface area contributed by atoms with E-state index in [0.717, 1.165) is 16.1 Å². The minimum atomic E-state index is -0.458. The van der Waals surface area contributed by atoms with Gasteiger partial charge in [0.15, 0.2) is 0 Å². The molecule has 25 heavy (non-hydrogen) atoms. The average Bonchev–Trinajstić information content (AvgIpc) is 2.93. The summed E-state index contributed by atoms with van der Waals surface area (Å²) in [6.07, 6.45) is 1.38. The Morgan fingerprint density at radius 3 is 2.48 bits per heavy atom. The number of carbonyl (C=O) groups is 2. The molecule has 0 aliphatic carbocycles. The maximum Gasteiger partial charge on any atom is 0.235 e. The maximum absolute atomic E-state index is 12.6. The van der Waals surface area contributed by atoms with Crippen molar-refractivity contribution >= 4 is 29.3 Å². The zero-order valence-electron chi connectivity index (χ0n) is 13.9. The van der Waals surface area contributed by atoms with Gasteiger partial charge < -0.3 is 10.2 Å². The van der Waals surface area contributed by atoms with E-state index in [1.807, 2.05) is 59.5 Å². The number of amides is 2. The van der Waals surface area contributed by atoms with Gasteiger partial charge in [0.25, 0.3) is 0 Å². The first-order valence-electron chi connectivity index (χ1n) is 8.56. The molecule has 0 bridgehead atoms. The molecule has 4 rings (SSSR count). The van der Waals surface area contributed by atoms with E-state index in [0.29, 0.717) is 31.7 Å². The highest BCUT2D eigenvalue weighted by Gasteiger charge is 2.48. The summed E-state index contributed by atoms with van der Waals surface area (Å²) in [5, 5.41) is 3.00. The molecule has 1 fully saturated rings. The number of fused-ring (bicyclic) bond motifs is 2. The fraction of sp³-hybridized carbons (Fsp3) is 0.300. The molecule has 0 radical (unpaired) electrons. The first kappa shape index (κ1) is 16.2. The monoisotopic (exact) mass is 352 g/mol. The smallest absolute Gasteiger partial charge is 0.235 e. The molecule has 2 aliphatic rings. The van der Waals surface area contributed by atoms with Crippen molar-refractivity contribution in [2.75, 3.05) is 24.2 Å². The molecule has 2 heterocycles. The number of hydrogen-bond donors (Lipinski definition) is 1. The fourth-order valence-electron chi connectivity index (χ4n) is 3.76. The van der Waals surface area contributed by atoms with Gasteiger partial charge in [-0.1, -0.05) is 36.4 Å². The molecule has 0 unspecified atom stereocenters. The van der Waals surface area contributed by atoms with Crippen LogP contribution in [0.5, 0.6) is 0 Å². The van der Waals surface area contributed by atoms with E-state index in [1.165, 1.54) is 0 Å². The highest BCUT2D eigenvalue weighted by Crippen LogP contribution is 2.44. The second kappa shape index (κ2) is 6.56. The van der Waals surface area contributed by atoms with Gasteiger partial charge in [-0.2, -0.15) is 0 Å². The van der Waals surface area contributed by atoms with Gasteiger partial charge in [0.1, 0.15) is 0 Å². The van der Waals surface area contributed by atoms with Gasteiger partial charge in [-0.25, -0.2) is 0 Å². The van der Waals surface area contributed by atoms with E-state index in [1.54, 1.807) is 11.8 Å². The molecule has 0 atom stereocenters. The fourth-order valence-corrected chi connectivity index (χ4v) is 4.58.